The first-order valence-electron chi connectivity index (χ1n) is 9.11. The summed E-state index contributed by atoms with van der Waals surface area (Å²) < 4.78 is 0.865. The number of nitrogens with one attached hydrogen (secondary N) is 2. The second kappa shape index (κ2) is 9.49. The number of pyridine rings is 1. The largest absolute Gasteiger partial charge is 0.324 e. The highest BCUT2D eigenvalue weighted by molar-refractivity contribution is 9.10. The number of likely N-dealkylation sites (tertiary alicyclic amines) is 1. The number of halogens is 2. The van der Waals surface area contributed by atoms with Crippen molar-refractivity contribution in [2.24, 2.45) is 5.92 Å². The van der Waals surface area contributed by atoms with E-state index >= 15 is 0 Å². The van der Waals surface area contributed by atoms with Crippen molar-refractivity contribution < 1.29 is 9.59 Å². The maximum atomic E-state index is 12.4. The Bertz CT molecular complexity index is 852. The van der Waals surface area contributed by atoms with Gasteiger partial charge in [-0.3, -0.25) is 14.5 Å². The Morgan fingerprint density at radius 2 is 1.96 bits per heavy atom. The second-order valence-corrected chi connectivity index (χ2v) is 8.26. The van der Waals surface area contributed by atoms with E-state index < -0.39 is 0 Å². The van der Waals surface area contributed by atoms with Crippen LogP contribution in [0, 0.1) is 12.8 Å². The molecule has 0 bridgehead atoms. The van der Waals surface area contributed by atoms with Gasteiger partial charge in [0.2, 0.25) is 11.8 Å². The number of carbonyl (C=O) groups excluding carboxylic acids is 2. The summed E-state index contributed by atoms with van der Waals surface area (Å²) in [6, 6.07) is 9.14. The number of hydrogen-bond acceptors (Lipinski definition) is 4. The fourth-order valence-electron chi connectivity index (χ4n) is 3.15. The van der Waals surface area contributed by atoms with Gasteiger partial charge < -0.3 is 10.6 Å². The quantitative estimate of drug-likeness (QED) is 0.697. The van der Waals surface area contributed by atoms with Crippen molar-refractivity contribution in [1.82, 2.24) is 9.88 Å². The molecule has 1 aromatic carbocycles. The van der Waals surface area contributed by atoms with Crippen molar-refractivity contribution in [3.8, 4) is 0 Å². The average molecular weight is 466 g/mol. The summed E-state index contributed by atoms with van der Waals surface area (Å²) in [6.45, 7) is 3.62. The Kier molecular flexibility index (Phi) is 7.04. The van der Waals surface area contributed by atoms with Crippen molar-refractivity contribution in [2.75, 3.05) is 30.3 Å². The molecule has 1 aliphatic heterocycles. The van der Waals surface area contributed by atoms with Crippen LogP contribution in [0.15, 0.2) is 41.0 Å². The number of aryl methyl sites for hydroxylation is 1. The zero-order valence-electron chi connectivity index (χ0n) is 15.5. The molecule has 8 heteroatoms. The summed E-state index contributed by atoms with van der Waals surface area (Å²) in [4.78, 5) is 30.9. The number of hydrogen-bond donors (Lipinski definition) is 2. The summed E-state index contributed by atoms with van der Waals surface area (Å²) in [5, 5.41) is 6.24. The molecule has 0 spiro atoms. The Morgan fingerprint density at radius 3 is 2.61 bits per heavy atom. The molecule has 2 N–H and O–H groups in total. The Balaban J connectivity index is 1.45. The van der Waals surface area contributed by atoms with E-state index in [1.165, 1.54) is 0 Å². The number of anilines is 2. The maximum absolute atomic E-state index is 12.4. The Labute approximate surface area is 177 Å². The van der Waals surface area contributed by atoms with E-state index in [4.69, 9.17) is 11.6 Å². The van der Waals surface area contributed by atoms with Gasteiger partial charge in [-0.15, -0.1) is 0 Å². The lowest BCUT2D eigenvalue weighted by Crippen LogP contribution is -2.41. The summed E-state index contributed by atoms with van der Waals surface area (Å²) in [5.74, 6) is 0.347. The third-order valence-electron chi connectivity index (χ3n) is 4.70. The lowest BCUT2D eigenvalue weighted by atomic mass is 9.96. The maximum Gasteiger partial charge on any atom is 0.238 e. The summed E-state index contributed by atoms with van der Waals surface area (Å²) in [7, 11) is 0. The lowest BCUT2D eigenvalue weighted by molar-refractivity contribution is -0.121. The zero-order chi connectivity index (χ0) is 20.1. The number of benzene rings is 1. The molecule has 0 saturated carbocycles. The first kappa shape index (κ1) is 20.8. The molecule has 1 saturated heterocycles. The van der Waals surface area contributed by atoms with E-state index in [2.05, 4.69) is 36.4 Å². The van der Waals surface area contributed by atoms with Gasteiger partial charge in [-0.2, -0.15) is 0 Å². The fourth-order valence-corrected chi connectivity index (χ4v) is 3.66. The van der Waals surface area contributed by atoms with Crippen molar-refractivity contribution >= 4 is 50.9 Å². The van der Waals surface area contributed by atoms with E-state index in [1.807, 2.05) is 31.2 Å². The molecule has 148 valence electrons. The first-order valence-corrected chi connectivity index (χ1v) is 10.3. The van der Waals surface area contributed by atoms with Crippen molar-refractivity contribution in [3.63, 3.8) is 0 Å². The average Bonchev–Trinajstić information content (AvgIpc) is 2.66. The third-order valence-corrected chi connectivity index (χ3v) is 5.48. The molecule has 0 unspecified atom stereocenters. The van der Waals surface area contributed by atoms with E-state index in [1.54, 1.807) is 12.3 Å². The summed E-state index contributed by atoms with van der Waals surface area (Å²) >= 11 is 9.49. The minimum absolute atomic E-state index is 0.0228. The third kappa shape index (κ3) is 5.77. The van der Waals surface area contributed by atoms with Crippen LogP contribution in [0.1, 0.15) is 18.4 Å². The topological polar surface area (TPSA) is 74.3 Å². The molecule has 2 aromatic rings. The van der Waals surface area contributed by atoms with Crippen LogP contribution in [-0.4, -0.2) is 41.3 Å². The normalized spacial score (nSPS) is 15.2. The van der Waals surface area contributed by atoms with Gasteiger partial charge in [0.25, 0.3) is 0 Å². The molecule has 28 heavy (non-hydrogen) atoms. The van der Waals surface area contributed by atoms with Crippen LogP contribution in [0.25, 0.3) is 0 Å². The van der Waals surface area contributed by atoms with Crippen LogP contribution in [0.3, 0.4) is 0 Å². The van der Waals surface area contributed by atoms with Gasteiger partial charge in [-0.25, -0.2) is 4.98 Å². The number of carbonyl (C=O) groups is 2. The highest BCUT2D eigenvalue weighted by atomic mass is 79.9. The molecule has 2 heterocycles. The number of nitrogens with zero attached hydrogens (tertiary/aromatic N) is 2. The molecule has 0 aliphatic carbocycles. The predicted molar refractivity (Wildman–Crippen MR) is 115 cm³/mol. The van der Waals surface area contributed by atoms with Gasteiger partial charge in [0.1, 0.15) is 5.82 Å². The smallest absolute Gasteiger partial charge is 0.238 e. The van der Waals surface area contributed by atoms with Crippen LogP contribution in [-0.2, 0) is 9.59 Å². The lowest BCUT2D eigenvalue weighted by Gasteiger charge is -2.30. The molecule has 0 radical (unpaired) electrons. The molecule has 2 amide bonds. The van der Waals surface area contributed by atoms with Crippen LogP contribution in [0.2, 0.25) is 5.02 Å². The molecule has 1 aliphatic rings. The number of rotatable bonds is 5. The number of piperidine rings is 1. The Morgan fingerprint density at radius 1 is 1.21 bits per heavy atom. The molecular formula is C20H22BrClN4O2. The van der Waals surface area contributed by atoms with Gasteiger partial charge in [0.15, 0.2) is 0 Å². The van der Waals surface area contributed by atoms with Crippen molar-refractivity contribution in [1.29, 1.82) is 0 Å². The fraction of sp³-hybridized carbons (Fsp3) is 0.350. The van der Waals surface area contributed by atoms with Gasteiger partial charge in [0.05, 0.1) is 17.3 Å². The van der Waals surface area contributed by atoms with Crippen molar-refractivity contribution in [3.05, 3.63) is 51.6 Å². The van der Waals surface area contributed by atoms with Crippen LogP contribution >= 0.6 is 27.5 Å². The molecule has 6 nitrogen and oxygen atoms in total. The summed E-state index contributed by atoms with van der Waals surface area (Å²) in [6.07, 6.45) is 3.07. The SMILES string of the molecule is Cc1ccc(NC(=O)CN2CCC(C(=O)Nc3ccc(Br)cn3)CC2)c(Cl)c1. The number of aromatic nitrogens is 1. The molecule has 1 aromatic heterocycles. The molecule has 1 fully saturated rings. The minimum Gasteiger partial charge on any atom is -0.324 e. The minimum atomic E-state index is -0.104. The zero-order valence-corrected chi connectivity index (χ0v) is 17.9. The highest BCUT2D eigenvalue weighted by Crippen LogP contribution is 2.23. The highest BCUT2D eigenvalue weighted by Gasteiger charge is 2.26. The van der Waals surface area contributed by atoms with Gasteiger partial charge >= 0.3 is 0 Å². The molecule has 3 rings (SSSR count). The van der Waals surface area contributed by atoms with E-state index in [0.29, 0.717) is 42.5 Å². The first-order chi connectivity index (χ1) is 13.4. The summed E-state index contributed by atoms with van der Waals surface area (Å²) in [5.41, 5.74) is 1.66. The van der Waals surface area contributed by atoms with Crippen molar-refractivity contribution in [2.45, 2.75) is 19.8 Å². The van der Waals surface area contributed by atoms with E-state index in [9.17, 15) is 9.59 Å². The predicted octanol–water partition coefficient (Wildman–Crippen LogP) is 4.10. The molecule has 0 atom stereocenters. The Hall–Kier alpha value is -1.96. The van der Waals surface area contributed by atoms with Gasteiger partial charge in [-0.1, -0.05) is 17.7 Å². The van der Waals surface area contributed by atoms with E-state index in [-0.39, 0.29) is 24.3 Å². The van der Waals surface area contributed by atoms with E-state index in [0.717, 1.165) is 10.0 Å². The van der Waals surface area contributed by atoms with Gasteiger partial charge in [0, 0.05) is 16.6 Å². The second-order valence-electron chi connectivity index (χ2n) is 6.93. The van der Waals surface area contributed by atoms with Crippen LogP contribution in [0.5, 0.6) is 0 Å². The molecular weight excluding hydrogens is 444 g/mol. The number of amides is 2. The van der Waals surface area contributed by atoms with Gasteiger partial charge in [-0.05, 0) is 78.6 Å². The van der Waals surface area contributed by atoms with Crippen LogP contribution < -0.4 is 10.6 Å². The standard InChI is InChI=1S/C20H22BrClN4O2/c1-13-2-4-17(16(22)10-13)24-19(27)12-26-8-6-14(7-9-26)20(28)25-18-5-3-15(21)11-23-18/h2-5,10-11,14H,6-9,12H2,1H3,(H,24,27)(H,23,25,28). The monoisotopic (exact) mass is 464 g/mol. The van der Waals surface area contributed by atoms with Crippen LogP contribution in [0.4, 0.5) is 11.5 Å².